The van der Waals surface area contributed by atoms with E-state index in [1.165, 1.54) is 22.3 Å². The number of aromatic hydroxyl groups is 1. The van der Waals surface area contributed by atoms with Gasteiger partial charge in [0.15, 0.2) is 23.0 Å². The number of aryl methyl sites for hydroxylation is 4. The molecule has 8 aliphatic rings. The third-order valence-corrected chi connectivity index (χ3v) is 21.8. The molecule has 4 bridgehead atoms. The fraction of sp³-hybridized carbons (Fsp3) is 0.453. The van der Waals surface area contributed by atoms with Crippen molar-refractivity contribution in [2.75, 3.05) is 60.9 Å². The molecule has 6 aromatic carbocycles. The van der Waals surface area contributed by atoms with Crippen LogP contribution in [0.15, 0.2) is 72.8 Å². The lowest BCUT2D eigenvalue weighted by molar-refractivity contribution is -0.134. The number of alkyl halides is 1. The first-order valence-electron chi connectivity index (χ1n) is 33.0. The van der Waals surface area contributed by atoms with Gasteiger partial charge in [0.05, 0.1) is 56.9 Å². The summed E-state index contributed by atoms with van der Waals surface area (Å²) in [7, 11) is 7.64. The quantitative estimate of drug-likeness (QED) is 0.0494. The van der Waals surface area contributed by atoms with Crippen LogP contribution in [0.4, 0.5) is 0 Å². The van der Waals surface area contributed by atoms with E-state index in [-0.39, 0.29) is 92.8 Å². The van der Waals surface area contributed by atoms with E-state index in [0.29, 0.717) is 84.8 Å². The van der Waals surface area contributed by atoms with Gasteiger partial charge in [-0.15, -0.1) is 11.6 Å². The van der Waals surface area contributed by atoms with Gasteiger partial charge in [0.25, 0.3) is 0 Å². The van der Waals surface area contributed by atoms with E-state index in [1.807, 2.05) is 74.5 Å². The normalized spacial score (nSPS) is 23.9. The third kappa shape index (κ3) is 11.2. The highest BCUT2D eigenvalue weighted by Gasteiger charge is 2.59. The number of rotatable bonds is 15. The molecule has 95 heavy (non-hydrogen) atoms. The van der Waals surface area contributed by atoms with Crippen LogP contribution in [0.25, 0.3) is 0 Å². The Morgan fingerprint density at radius 1 is 0.568 bits per heavy atom. The van der Waals surface area contributed by atoms with Gasteiger partial charge in [-0.2, -0.15) is 10.5 Å². The fourth-order valence-electron chi connectivity index (χ4n) is 17.5. The molecule has 10 atom stereocenters. The van der Waals surface area contributed by atoms with Crippen molar-refractivity contribution in [3.8, 4) is 58.1 Å². The number of methoxy groups -OCH3 is 2. The van der Waals surface area contributed by atoms with Crippen molar-refractivity contribution in [3.63, 3.8) is 0 Å². The predicted molar refractivity (Wildman–Crippen MR) is 357 cm³/mol. The fourth-order valence-corrected chi connectivity index (χ4v) is 17.7. The van der Waals surface area contributed by atoms with Crippen LogP contribution in [0.3, 0.4) is 0 Å². The molecule has 2 saturated heterocycles. The second-order valence-electron chi connectivity index (χ2n) is 26.6. The molecule has 0 saturated carbocycles. The monoisotopic (exact) mass is 1310 g/mol. The number of ether oxygens (including phenoxy) is 7. The summed E-state index contributed by atoms with van der Waals surface area (Å²) >= 11 is 5.96. The minimum absolute atomic E-state index is 0.0165. The van der Waals surface area contributed by atoms with Crippen molar-refractivity contribution in [2.45, 2.75) is 160 Å². The van der Waals surface area contributed by atoms with Crippen molar-refractivity contribution in [2.24, 2.45) is 0 Å². The lowest BCUT2D eigenvalue weighted by Gasteiger charge is -2.60. The number of hydrogen-bond acceptors (Lipinski definition) is 17. The summed E-state index contributed by atoms with van der Waals surface area (Å²) in [5, 5.41) is 39.8. The summed E-state index contributed by atoms with van der Waals surface area (Å²) < 4.78 is 42.0. The number of phenols is 1. The van der Waals surface area contributed by atoms with Gasteiger partial charge in [-0.25, -0.2) is 0 Å². The third-order valence-electron chi connectivity index (χ3n) is 21.6. The number of piperazine rings is 2. The number of likely N-dealkylation sites (N-methyl/N-ethyl adjacent to an activating group) is 2. The maximum absolute atomic E-state index is 13.5. The number of fused-ring (bicyclic) bond motifs is 18. The largest absolute Gasteiger partial charge is 0.507 e. The van der Waals surface area contributed by atoms with Crippen LogP contribution in [0.2, 0.25) is 0 Å². The summed E-state index contributed by atoms with van der Waals surface area (Å²) in [6.45, 7) is 12.7. The van der Waals surface area contributed by atoms with E-state index in [0.717, 1.165) is 73.6 Å². The number of phenolic OH excluding ortho intramolecular Hbond substituents is 1. The van der Waals surface area contributed by atoms with Crippen molar-refractivity contribution in [1.29, 1.82) is 10.5 Å². The van der Waals surface area contributed by atoms with Gasteiger partial charge < -0.3 is 48.9 Å². The Balaban J connectivity index is 0.000000173. The molecule has 0 spiro atoms. The number of carbonyl (C=O) groups excluding carboxylic acids is 3. The zero-order chi connectivity index (χ0) is 66.8. The minimum Gasteiger partial charge on any atom is -0.507 e. The van der Waals surface area contributed by atoms with E-state index >= 15 is 0 Å². The molecule has 6 aromatic rings. The standard InChI is InChI=1S/C39H43ClN4O6.C36H40N4O5/c1-21-15-25-16-27-29(18-41)44-28(35(43(27)4)33(25)22(2)36(21)47-5)17-26-34(30(44)19-42-31(45)12-11-24-9-7-6-8-10-24)39-38(48-20-49-39)23(3)37(26)50-32(46)13-14-40;1-19-13-23-14-25-27(16-37)40-26(32(39(25)4)30(23)20(2)34(19)43-5)15-24-31(36-35(44-18-45-36)21(3)33(24)42)28(40)17-38-29(41)12-11-22-9-7-6-8-10-22/h6-10,15,27-30,35H,11-14,16-17,19-20H2,1-5H3,(H,42,45);6-10,13,25-28,32,42H,11-12,14-15,17-18H2,1-5H3,(H,38,41)/t27-,28?,29-,30-,35-;25-,26?,27-,28-,32-/m00/s1. The zero-order valence-corrected chi connectivity index (χ0v) is 56.4. The SMILES string of the molecule is COc1c(C)cc2c(c1C)[C@@H]1C3Cc4c(O)c(C)c5c(c4[C@H](CNC(=O)CCc4ccccc4)N3[C@@H](C#N)[C@H](C2)N1C)OCO5.COc1c(C)cc2c(c1C)[C@@H]1C3Cc4c(OC(=O)CCCl)c(C)c5c(c4[C@H](CNC(=O)CCc4ccccc4)N3[C@@H](C#N)[C@H](C2)N1C)OCO5. The number of halogens is 1. The first-order valence-corrected chi connectivity index (χ1v) is 33.5. The van der Waals surface area contributed by atoms with Crippen LogP contribution in [0, 0.1) is 64.2 Å². The van der Waals surface area contributed by atoms with E-state index in [2.05, 4.69) is 96.3 Å². The topological polar surface area (TPSA) is 221 Å². The Labute approximate surface area is 560 Å². The summed E-state index contributed by atoms with van der Waals surface area (Å²) in [6, 6.07) is 27.2. The van der Waals surface area contributed by atoms with Gasteiger partial charge in [-0.1, -0.05) is 72.8 Å². The Kier molecular flexibility index (Phi) is 18.2. The van der Waals surface area contributed by atoms with Crippen molar-refractivity contribution >= 4 is 29.4 Å². The summed E-state index contributed by atoms with van der Waals surface area (Å²) in [6.07, 6.45) is 4.40. The van der Waals surface area contributed by atoms with Crippen molar-refractivity contribution < 1.29 is 52.6 Å². The molecule has 0 aromatic heterocycles. The number of nitrogens with zero attached hydrogens (tertiary/aromatic N) is 6. The highest BCUT2D eigenvalue weighted by Crippen LogP contribution is 2.60. The zero-order valence-electron chi connectivity index (χ0n) is 55.7. The molecular weight excluding hydrogens is 1220 g/mol. The maximum atomic E-state index is 13.5. The highest BCUT2D eigenvalue weighted by atomic mass is 35.5. The molecule has 8 heterocycles. The Hall–Kier alpha value is -8.56. The van der Waals surface area contributed by atoms with Gasteiger partial charge in [-0.05, 0) is 150 Å². The lowest BCUT2D eigenvalue weighted by atomic mass is 9.71. The second-order valence-corrected chi connectivity index (χ2v) is 26.9. The number of nitrogens with one attached hydrogen (secondary N) is 2. The van der Waals surface area contributed by atoms with Crippen molar-refractivity contribution in [3.05, 3.63) is 162 Å². The highest BCUT2D eigenvalue weighted by molar-refractivity contribution is 6.18. The van der Waals surface area contributed by atoms with Crippen LogP contribution >= 0.6 is 11.6 Å². The van der Waals surface area contributed by atoms with E-state index in [1.54, 1.807) is 14.2 Å². The van der Waals surface area contributed by atoms with Crippen LogP contribution < -0.4 is 43.8 Å². The van der Waals surface area contributed by atoms with Crippen LogP contribution in [0.1, 0.15) is 132 Å². The molecule has 19 nitrogen and oxygen atoms in total. The van der Waals surface area contributed by atoms with Crippen LogP contribution in [-0.4, -0.2) is 140 Å². The molecule has 3 N–H and O–H groups in total. The molecule has 2 unspecified atom stereocenters. The maximum Gasteiger partial charge on any atom is 0.312 e. The first kappa shape index (κ1) is 65.1. The molecule has 14 rings (SSSR count). The van der Waals surface area contributed by atoms with Crippen LogP contribution in [0.5, 0.6) is 46.0 Å². The smallest absolute Gasteiger partial charge is 0.312 e. The summed E-state index contributed by atoms with van der Waals surface area (Å²) in [5.41, 5.74) is 16.0. The number of nitriles is 2. The molecule has 496 valence electrons. The average molecular weight is 1310 g/mol. The molecule has 8 aliphatic heterocycles. The summed E-state index contributed by atoms with van der Waals surface area (Å²) in [4.78, 5) is 49.1. The van der Waals surface area contributed by atoms with Gasteiger partial charge in [0, 0.05) is 89.4 Å². The Morgan fingerprint density at radius 3 is 1.44 bits per heavy atom. The van der Waals surface area contributed by atoms with Gasteiger partial charge in [0.1, 0.15) is 35.1 Å². The predicted octanol–water partition coefficient (Wildman–Crippen LogP) is 9.98. The van der Waals surface area contributed by atoms with Crippen molar-refractivity contribution in [1.82, 2.24) is 30.2 Å². The molecule has 20 heteroatoms. The lowest BCUT2D eigenvalue weighted by Crippen LogP contribution is -2.69. The molecule has 2 amide bonds. The Bertz CT molecular complexity index is 4120. The van der Waals surface area contributed by atoms with E-state index in [4.69, 9.17) is 44.8 Å². The number of carbonyl (C=O) groups is 3. The second kappa shape index (κ2) is 26.6. The number of esters is 1. The molecular formula is C75H83ClN8O11. The van der Waals surface area contributed by atoms with E-state index in [9.17, 15) is 30.0 Å². The molecule has 2 fully saturated rings. The number of benzene rings is 6. The minimum atomic E-state index is -0.502. The van der Waals surface area contributed by atoms with Gasteiger partial charge >= 0.3 is 5.97 Å². The average Bonchev–Trinajstić information content (AvgIpc) is 1.28. The summed E-state index contributed by atoms with van der Waals surface area (Å²) in [5.74, 6) is 4.16. The molecule has 0 aliphatic carbocycles. The van der Waals surface area contributed by atoms with E-state index < -0.39 is 30.1 Å². The molecule has 0 radical (unpaired) electrons. The van der Waals surface area contributed by atoms with Gasteiger partial charge in [0.2, 0.25) is 25.4 Å². The number of amides is 2. The van der Waals surface area contributed by atoms with Crippen LogP contribution in [-0.2, 0) is 52.9 Å². The Morgan fingerprint density at radius 2 is 1.00 bits per heavy atom. The number of hydrogen-bond donors (Lipinski definition) is 3. The first-order chi connectivity index (χ1) is 45.9. The van der Waals surface area contributed by atoms with Gasteiger partial charge in [-0.3, -0.25) is 34.0 Å².